The Labute approximate surface area is 133 Å². The predicted molar refractivity (Wildman–Crippen MR) is 84.7 cm³/mol. The molecule has 1 aromatic rings. The Balaban J connectivity index is 2.07. The third kappa shape index (κ3) is 2.06. The van der Waals surface area contributed by atoms with Crippen LogP contribution in [-0.2, 0) is 9.59 Å². The van der Waals surface area contributed by atoms with Gasteiger partial charge < -0.3 is 4.90 Å². The lowest BCUT2D eigenvalue weighted by Crippen LogP contribution is -2.53. The maximum Gasteiger partial charge on any atom is 0.259 e. The van der Waals surface area contributed by atoms with Crippen LogP contribution in [0.4, 0.5) is 5.69 Å². The largest absolute Gasteiger partial charge is 0.340 e. The molecule has 0 saturated carbocycles. The summed E-state index contributed by atoms with van der Waals surface area (Å²) in [5, 5.41) is 0.583. The van der Waals surface area contributed by atoms with Gasteiger partial charge in [-0.2, -0.15) is 0 Å². The minimum Gasteiger partial charge on any atom is -0.340 e. The zero-order chi connectivity index (χ0) is 15.2. The van der Waals surface area contributed by atoms with Gasteiger partial charge in [-0.15, -0.1) is 0 Å². The van der Waals surface area contributed by atoms with E-state index in [0.717, 1.165) is 10.6 Å². The SMILES string of the molecule is CCN(CC)C(=O)C12CCC(=O)N1c1cc(Cl)ccc1S2. The van der Waals surface area contributed by atoms with Crippen LogP contribution in [0.15, 0.2) is 23.1 Å². The molecule has 3 rings (SSSR count). The van der Waals surface area contributed by atoms with Crippen molar-refractivity contribution >= 4 is 40.9 Å². The van der Waals surface area contributed by atoms with Crippen molar-refractivity contribution in [2.75, 3.05) is 18.0 Å². The second kappa shape index (κ2) is 5.21. The summed E-state index contributed by atoms with van der Waals surface area (Å²) >= 11 is 7.55. The zero-order valence-corrected chi connectivity index (χ0v) is 13.6. The smallest absolute Gasteiger partial charge is 0.259 e. The number of nitrogens with zero attached hydrogens (tertiary/aromatic N) is 2. The summed E-state index contributed by atoms with van der Waals surface area (Å²) in [5.74, 6) is 0.0275. The van der Waals surface area contributed by atoms with E-state index in [-0.39, 0.29) is 11.8 Å². The fourth-order valence-corrected chi connectivity index (χ4v) is 4.70. The van der Waals surface area contributed by atoms with E-state index in [4.69, 9.17) is 11.6 Å². The summed E-state index contributed by atoms with van der Waals surface area (Å²) in [6.45, 7) is 5.22. The molecule has 1 atom stereocenters. The highest BCUT2D eigenvalue weighted by atomic mass is 35.5. The van der Waals surface area contributed by atoms with Crippen LogP contribution < -0.4 is 4.90 Å². The molecule has 2 amide bonds. The first-order chi connectivity index (χ1) is 10.0. The van der Waals surface area contributed by atoms with E-state index >= 15 is 0 Å². The number of benzene rings is 1. The predicted octanol–water partition coefficient (Wildman–Crippen LogP) is 3.14. The maximum atomic E-state index is 13.0. The molecule has 1 fully saturated rings. The number of carbonyl (C=O) groups excluding carboxylic acids is 2. The number of carbonyl (C=O) groups is 2. The molecule has 0 bridgehead atoms. The lowest BCUT2D eigenvalue weighted by molar-refractivity contribution is -0.133. The fraction of sp³-hybridized carbons (Fsp3) is 0.467. The van der Waals surface area contributed by atoms with Gasteiger partial charge in [0.1, 0.15) is 0 Å². The average Bonchev–Trinajstić information content (AvgIpc) is 2.97. The Bertz CT molecular complexity index is 618. The third-order valence-corrected chi connectivity index (χ3v) is 5.81. The highest BCUT2D eigenvalue weighted by molar-refractivity contribution is 8.02. The number of halogens is 1. The minimum atomic E-state index is -0.809. The van der Waals surface area contributed by atoms with Crippen LogP contribution in [0.2, 0.25) is 5.02 Å². The van der Waals surface area contributed by atoms with Gasteiger partial charge in [-0.25, -0.2) is 0 Å². The number of fused-ring (bicyclic) bond motifs is 3. The van der Waals surface area contributed by atoms with Gasteiger partial charge in [0.25, 0.3) is 5.91 Å². The van der Waals surface area contributed by atoms with Crippen LogP contribution in [0.5, 0.6) is 0 Å². The molecule has 0 spiro atoms. The van der Waals surface area contributed by atoms with E-state index in [1.807, 2.05) is 19.9 Å². The van der Waals surface area contributed by atoms with E-state index in [9.17, 15) is 9.59 Å². The zero-order valence-electron chi connectivity index (χ0n) is 12.1. The van der Waals surface area contributed by atoms with Crippen LogP contribution in [0.25, 0.3) is 0 Å². The lowest BCUT2D eigenvalue weighted by Gasteiger charge is -2.34. The number of thioether (sulfide) groups is 1. The molecule has 1 saturated heterocycles. The van der Waals surface area contributed by atoms with Crippen LogP contribution in [0.3, 0.4) is 0 Å². The molecular formula is C15H17ClN2O2S. The molecule has 4 nitrogen and oxygen atoms in total. The Morgan fingerprint density at radius 3 is 2.81 bits per heavy atom. The Morgan fingerprint density at radius 2 is 2.14 bits per heavy atom. The third-order valence-electron chi connectivity index (χ3n) is 4.11. The van der Waals surface area contributed by atoms with Crippen molar-refractivity contribution in [3.8, 4) is 0 Å². The fourth-order valence-electron chi connectivity index (χ4n) is 3.06. The first-order valence-corrected chi connectivity index (χ1v) is 8.34. The Kier molecular flexibility index (Phi) is 3.66. The van der Waals surface area contributed by atoms with Crippen LogP contribution in [0.1, 0.15) is 26.7 Å². The van der Waals surface area contributed by atoms with Gasteiger partial charge in [0, 0.05) is 29.4 Å². The van der Waals surface area contributed by atoms with Crippen LogP contribution in [-0.4, -0.2) is 34.7 Å². The van der Waals surface area contributed by atoms with E-state index in [1.165, 1.54) is 11.8 Å². The van der Waals surface area contributed by atoms with E-state index in [1.54, 1.807) is 21.9 Å². The standard InChI is InChI=1S/C15H17ClN2O2S/c1-3-17(4-2)14(20)15-8-7-13(19)18(15)11-9-10(16)5-6-12(11)21-15/h5-6,9H,3-4,7-8H2,1-2H3. The van der Waals surface area contributed by atoms with Crippen molar-refractivity contribution in [2.45, 2.75) is 36.5 Å². The van der Waals surface area contributed by atoms with E-state index in [2.05, 4.69) is 0 Å². The van der Waals surface area contributed by atoms with Crippen molar-refractivity contribution in [1.29, 1.82) is 0 Å². The quantitative estimate of drug-likeness (QED) is 0.857. The second-order valence-electron chi connectivity index (χ2n) is 5.21. The van der Waals surface area contributed by atoms with Crippen LogP contribution in [0, 0.1) is 0 Å². The molecule has 21 heavy (non-hydrogen) atoms. The van der Waals surface area contributed by atoms with Gasteiger partial charge in [0.15, 0.2) is 4.87 Å². The summed E-state index contributed by atoms with van der Waals surface area (Å²) in [4.78, 5) is 28.9. The summed E-state index contributed by atoms with van der Waals surface area (Å²) in [7, 11) is 0. The molecule has 2 heterocycles. The van der Waals surface area contributed by atoms with Gasteiger partial charge >= 0.3 is 0 Å². The molecule has 2 aliphatic heterocycles. The maximum absolute atomic E-state index is 13.0. The normalized spacial score (nSPS) is 23.2. The first-order valence-electron chi connectivity index (χ1n) is 7.14. The van der Waals surface area contributed by atoms with Gasteiger partial charge in [0.2, 0.25) is 5.91 Å². The Morgan fingerprint density at radius 1 is 1.43 bits per heavy atom. The van der Waals surface area contributed by atoms with E-state index < -0.39 is 4.87 Å². The molecule has 0 aromatic heterocycles. The molecule has 2 aliphatic rings. The molecule has 1 unspecified atom stereocenters. The average molecular weight is 325 g/mol. The first kappa shape index (κ1) is 14.7. The molecule has 0 aliphatic carbocycles. The van der Waals surface area contributed by atoms with Crippen molar-refractivity contribution in [3.05, 3.63) is 23.2 Å². The number of amides is 2. The highest BCUT2D eigenvalue weighted by Gasteiger charge is 2.58. The minimum absolute atomic E-state index is 0.00372. The van der Waals surface area contributed by atoms with Crippen molar-refractivity contribution in [1.82, 2.24) is 4.90 Å². The number of hydrogen-bond donors (Lipinski definition) is 0. The summed E-state index contributed by atoms with van der Waals surface area (Å²) in [5.41, 5.74) is 0.774. The summed E-state index contributed by atoms with van der Waals surface area (Å²) in [6.07, 6.45) is 0.962. The van der Waals surface area contributed by atoms with Gasteiger partial charge in [0.05, 0.1) is 5.69 Å². The van der Waals surface area contributed by atoms with Gasteiger partial charge in [-0.1, -0.05) is 23.4 Å². The number of anilines is 1. The van der Waals surface area contributed by atoms with E-state index in [0.29, 0.717) is 31.0 Å². The van der Waals surface area contributed by atoms with Crippen molar-refractivity contribution in [3.63, 3.8) is 0 Å². The molecular weight excluding hydrogens is 308 g/mol. The monoisotopic (exact) mass is 324 g/mol. The molecule has 0 N–H and O–H groups in total. The lowest BCUT2D eigenvalue weighted by atomic mass is 10.1. The molecule has 1 aromatic carbocycles. The molecule has 6 heteroatoms. The number of likely N-dealkylation sites (N-methyl/N-ethyl adjacent to an activating group) is 1. The van der Waals surface area contributed by atoms with Crippen molar-refractivity contribution < 1.29 is 9.59 Å². The number of rotatable bonds is 3. The topological polar surface area (TPSA) is 40.6 Å². The van der Waals surface area contributed by atoms with Crippen LogP contribution >= 0.6 is 23.4 Å². The van der Waals surface area contributed by atoms with Crippen molar-refractivity contribution in [2.24, 2.45) is 0 Å². The summed E-state index contributed by atoms with van der Waals surface area (Å²) < 4.78 is 0. The van der Waals surface area contributed by atoms with Gasteiger partial charge in [-0.3, -0.25) is 14.5 Å². The Hall–Kier alpha value is -1.20. The highest BCUT2D eigenvalue weighted by Crippen LogP contribution is 2.56. The van der Waals surface area contributed by atoms with Gasteiger partial charge in [-0.05, 0) is 38.5 Å². The molecule has 112 valence electrons. The summed E-state index contributed by atoms with van der Waals surface area (Å²) in [6, 6.07) is 5.48. The number of hydrogen-bond acceptors (Lipinski definition) is 3. The molecule has 0 radical (unpaired) electrons. The second-order valence-corrected chi connectivity index (χ2v) is 6.96.